The molecule has 0 aliphatic heterocycles. The van der Waals surface area contributed by atoms with Crippen LogP contribution in [-0.2, 0) is 19.1 Å². The highest BCUT2D eigenvalue weighted by molar-refractivity contribution is 6.31. The van der Waals surface area contributed by atoms with Crippen molar-refractivity contribution in [3.63, 3.8) is 0 Å². The molecular weight excluding hydrogens is 444 g/mol. The van der Waals surface area contributed by atoms with Crippen LogP contribution in [0.25, 0.3) is 0 Å². The van der Waals surface area contributed by atoms with Gasteiger partial charge in [-0.05, 0) is 29.3 Å². The van der Waals surface area contributed by atoms with Crippen LogP contribution in [0.4, 0.5) is 5.69 Å². The second-order valence-electron chi connectivity index (χ2n) is 7.04. The summed E-state index contributed by atoms with van der Waals surface area (Å²) in [7, 11) is 1.23. The first kappa shape index (κ1) is 24.0. The van der Waals surface area contributed by atoms with Gasteiger partial charge in [0.05, 0.1) is 24.4 Å². The van der Waals surface area contributed by atoms with E-state index in [1.54, 1.807) is 0 Å². The van der Waals surface area contributed by atoms with Gasteiger partial charge in [0.2, 0.25) is 11.8 Å². The fraction of sp³-hybridized carbons (Fsp3) is 0.160. The summed E-state index contributed by atoms with van der Waals surface area (Å²) in [6.45, 7) is -0.688. The minimum atomic E-state index is -0.638. The Kier molecular flexibility index (Phi) is 8.57. The van der Waals surface area contributed by atoms with Gasteiger partial charge in [0.15, 0.2) is 0 Å². The topological polar surface area (TPSA) is 93.7 Å². The molecule has 7 nitrogen and oxygen atoms in total. The zero-order valence-electron chi connectivity index (χ0n) is 17.9. The van der Waals surface area contributed by atoms with E-state index in [0.29, 0.717) is 5.02 Å². The first-order valence-corrected chi connectivity index (χ1v) is 10.5. The Morgan fingerprint density at radius 1 is 0.848 bits per heavy atom. The Hall–Kier alpha value is -3.68. The predicted octanol–water partition coefficient (Wildman–Crippen LogP) is 3.99. The van der Waals surface area contributed by atoms with Crippen LogP contribution in [0, 0.1) is 0 Å². The molecule has 33 heavy (non-hydrogen) atoms. The molecule has 0 spiro atoms. The molecule has 3 rings (SSSR count). The molecule has 0 atom stereocenters. The first-order chi connectivity index (χ1) is 16.0. The third-order valence-corrected chi connectivity index (χ3v) is 4.93. The Bertz CT molecular complexity index is 1070. The normalized spacial score (nSPS) is 10.5. The van der Waals surface area contributed by atoms with Gasteiger partial charge in [-0.3, -0.25) is 9.59 Å². The second kappa shape index (κ2) is 11.8. The van der Waals surface area contributed by atoms with E-state index in [-0.39, 0.29) is 36.4 Å². The standard InChI is InChI=1S/C25H23ClN2O5/c1-32-25(31)20-14-19(26)12-13-21(20)27-22(29)15-33-16-23(30)28-24(17-8-4-2-5-9-17)18-10-6-3-7-11-18/h2-14,24H,15-16H2,1H3,(H,27,29)(H,28,30). The Morgan fingerprint density at radius 3 is 2.00 bits per heavy atom. The number of ether oxygens (including phenoxy) is 2. The van der Waals surface area contributed by atoms with E-state index in [0.717, 1.165) is 11.1 Å². The van der Waals surface area contributed by atoms with E-state index in [9.17, 15) is 14.4 Å². The lowest BCUT2D eigenvalue weighted by Crippen LogP contribution is -2.33. The van der Waals surface area contributed by atoms with Crippen molar-refractivity contribution < 1.29 is 23.9 Å². The zero-order chi connectivity index (χ0) is 23.6. The second-order valence-corrected chi connectivity index (χ2v) is 7.48. The maximum atomic E-state index is 12.5. The number of amides is 2. The number of halogens is 1. The molecule has 0 fully saturated rings. The van der Waals surface area contributed by atoms with Crippen molar-refractivity contribution in [2.75, 3.05) is 25.6 Å². The predicted molar refractivity (Wildman–Crippen MR) is 125 cm³/mol. The van der Waals surface area contributed by atoms with Crippen molar-refractivity contribution in [2.45, 2.75) is 6.04 Å². The van der Waals surface area contributed by atoms with Crippen LogP contribution < -0.4 is 10.6 Å². The van der Waals surface area contributed by atoms with Gasteiger partial charge in [-0.15, -0.1) is 0 Å². The molecule has 3 aromatic carbocycles. The number of benzene rings is 3. The molecule has 0 saturated carbocycles. The molecule has 0 heterocycles. The van der Waals surface area contributed by atoms with Gasteiger partial charge >= 0.3 is 5.97 Å². The number of nitrogens with one attached hydrogen (secondary N) is 2. The number of methoxy groups -OCH3 is 1. The first-order valence-electron chi connectivity index (χ1n) is 10.1. The minimum absolute atomic E-state index is 0.115. The molecule has 0 saturated heterocycles. The molecule has 2 N–H and O–H groups in total. The molecule has 0 aliphatic rings. The Morgan fingerprint density at radius 2 is 1.42 bits per heavy atom. The van der Waals surface area contributed by atoms with Crippen molar-refractivity contribution >= 4 is 35.1 Å². The SMILES string of the molecule is COC(=O)c1cc(Cl)ccc1NC(=O)COCC(=O)NC(c1ccccc1)c1ccccc1. The minimum Gasteiger partial charge on any atom is -0.465 e. The smallest absolute Gasteiger partial charge is 0.340 e. The molecule has 170 valence electrons. The molecule has 0 aliphatic carbocycles. The van der Waals surface area contributed by atoms with E-state index >= 15 is 0 Å². The number of rotatable bonds is 9. The summed E-state index contributed by atoms with van der Waals surface area (Å²) in [6, 6.07) is 23.2. The van der Waals surface area contributed by atoms with Crippen LogP contribution in [0.5, 0.6) is 0 Å². The van der Waals surface area contributed by atoms with Gasteiger partial charge in [0, 0.05) is 5.02 Å². The quantitative estimate of drug-likeness (QED) is 0.465. The lowest BCUT2D eigenvalue weighted by Gasteiger charge is -2.20. The van der Waals surface area contributed by atoms with Crippen molar-refractivity contribution in [3.05, 3.63) is 101 Å². The molecule has 0 aromatic heterocycles. The highest BCUT2D eigenvalue weighted by Gasteiger charge is 2.18. The van der Waals surface area contributed by atoms with Crippen molar-refractivity contribution in [1.82, 2.24) is 5.32 Å². The zero-order valence-corrected chi connectivity index (χ0v) is 18.7. The lowest BCUT2D eigenvalue weighted by atomic mass is 9.99. The molecule has 3 aromatic rings. The van der Waals surface area contributed by atoms with Crippen LogP contribution in [0.2, 0.25) is 5.02 Å². The number of carbonyl (C=O) groups excluding carboxylic acids is 3. The average Bonchev–Trinajstić information content (AvgIpc) is 2.84. The monoisotopic (exact) mass is 466 g/mol. The average molecular weight is 467 g/mol. The van der Waals surface area contributed by atoms with Gasteiger partial charge in [0.25, 0.3) is 0 Å². The molecule has 0 unspecified atom stereocenters. The van der Waals surface area contributed by atoms with Crippen LogP contribution in [-0.4, -0.2) is 38.1 Å². The van der Waals surface area contributed by atoms with E-state index < -0.39 is 11.9 Å². The summed E-state index contributed by atoms with van der Waals surface area (Å²) in [5, 5.41) is 5.83. The summed E-state index contributed by atoms with van der Waals surface area (Å²) in [6.07, 6.45) is 0. The Balaban J connectivity index is 1.56. The van der Waals surface area contributed by atoms with Gasteiger partial charge in [-0.2, -0.15) is 0 Å². The largest absolute Gasteiger partial charge is 0.465 e. The number of anilines is 1. The number of carbonyl (C=O) groups is 3. The van der Waals surface area contributed by atoms with E-state index in [2.05, 4.69) is 10.6 Å². The van der Waals surface area contributed by atoms with Crippen molar-refractivity contribution in [1.29, 1.82) is 0 Å². The summed E-state index contributed by atoms with van der Waals surface area (Å²) in [4.78, 5) is 36.7. The molecule has 8 heteroatoms. The summed E-state index contributed by atoms with van der Waals surface area (Å²) in [5.74, 6) is -1.54. The Labute approximate surface area is 196 Å². The maximum absolute atomic E-state index is 12.5. The van der Waals surface area contributed by atoms with E-state index in [1.165, 1.54) is 25.3 Å². The molecule has 2 amide bonds. The maximum Gasteiger partial charge on any atom is 0.340 e. The number of esters is 1. The van der Waals surface area contributed by atoms with Gasteiger partial charge < -0.3 is 20.1 Å². The molecular formula is C25H23ClN2O5. The van der Waals surface area contributed by atoms with Gasteiger partial charge in [-0.1, -0.05) is 72.3 Å². The van der Waals surface area contributed by atoms with Gasteiger partial charge in [-0.25, -0.2) is 4.79 Å². The van der Waals surface area contributed by atoms with Crippen molar-refractivity contribution in [2.24, 2.45) is 0 Å². The fourth-order valence-corrected chi connectivity index (χ4v) is 3.35. The van der Waals surface area contributed by atoms with E-state index in [4.69, 9.17) is 21.1 Å². The van der Waals surface area contributed by atoms with E-state index in [1.807, 2.05) is 60.7 Å². The highest BCUT2D eigenvalue weighted by atomic mass is 35.5. The summed E-state index contributed by atoms with van der Waals surface area (Å²) < 4.78 is 9.99. The number of hydrogen-bond donors (Lipinski definition) is 2. The van der Waals surface area contributed by atoms with Crippen LogP contribution >= 0.6 is 11.6 Å². The molecule has 0 bridgehead atoms. The van der Waals surface area contributed by atoms with Gasteiger partial charge in [0.1, 0.15) is 13.2 Å². The van der Waals surface area contributed by atoms with Crippen LogP contribution in [0.1, 0.15) is 27.5 Å². The summed E-state index contributed by atoms with van der Waals surface area (Å²) in [5.41, 5.74) is 2.20. The third kappa shape index (κ3) is 6.90. The fourth-order valence-electron chi connectivity index (χ4n) is 3.18. The number of hydrogen-bond acceptors (Lipinski definition) is 5. The molecule has 0 radical (unpaired) electrons. The van der Waals surface area contributed by atoms with Crippen LogP contribution in [0.15, 0.2) is 78.9 Å². The third-order valence-electron chi connectivity index (χ3n) is 4.70. The lowest BCUT2D eigenvalue weighted by molar-refractivity contribution is -0.129. The van der Waals surface area contributed by atoms with Crippen molar-refractivity contribution in [3.8, 4) is 0 Å². The summed E-state index contributed by atoms with van der Waals surface area (Å²) >= 11 is 5.91. The highest BCUT2D eigenvalue weighted by Crippen LogP contribution is 2.22. The van der Waals surface area contributed by atoms with Crippen LogP contribution in [0.3, 0.4) is 0 Å².